The van der Waals surface area contributed by atoms with Gasteiger partial charge in [-0.3, -0.25) is 4.79 Å². The molecule has 0 radical (unpaired) electrons. The molecule has 3 rings (SSSR count). The normalized spacial score (nSPS) is 17.5. The lowest BCUT2D eigenvalue weighted by Gasteiger charge is -2.34. The van der Waals surface area contributed by atoms with Gasteiger partial charge in [0, 0.05) is 40.7 Å². The highest BCUT2D eigenvalue weighted by Gasteiger charge is 2.36. The highest BCUT2D eigenvalue weighted by atomic mass is 32.2. The SMILES string of the molecule is CC(=O)N(C)Cc1cc(N(C)C)nc([C@@H]2CCCCN2S(=O)(=O)c2ccccc2)n1. The molecule has 8 nitrogen and oxygen atoms in total. The van der Waals surface area contributed by atoms with Crippen LogP contribution in [0.3, 0.4) is 0 Å². The summed E-state index contributed by atoms with van der Waals surface area (Å²) < 4.78 is 28.2. The number of sulfonamides is 1. The van der Waals surface area contributed by atoms with Gasteiger partial charge in [-0.25, -0.2) is 18.4 Å². The highest BCUT2D eigenvalue weighted by Crippen LogP contribution is 2.34. The molecule has 1 aromatic heterocycles. The molecule has 2 aromatic rings. The first-order valence-corrected chi connectivity index (χ1v) is 11.5. The van der Waals surface area contributed by atoms with Crippen molar-refractivity contribution in [2.45, 2.75) is 43.7 Å². The van der Waals surface area contributed by atoms with Crippen LogP contribution in [0, 0.1) is 0 Å². The third-order valence-electron chi connectivity index (χ3n) is 5.28. The second-order valence-electron chi connectivity index (χ2n) is 7.79. The van der Waals surface area contributed by atoms with Gasteiger partial charge >= 0.3 is 0 Å². The zero-order chi connectivity index (χ0) is 21.9. The zero-order valence-electron chi connectivity index (χ0n) is 17.9. The maximum Gasteiger partial charge on any atom is 0.243 e. The number of aromatic nitrogens is 2. The smallest absolute Gasteiger partial charge is 0.243 e. The lowest BCUT2D eigenvalue weighted by molar-refractivity contribution is -0.128. The number of piperidine rings is 1. The van der Waals surface area contributed by atoms with Crippen molar-refractivity contribution in [3.63, 3.8) is 0 Å². The maximum atomic E-state index is 13.3. The fourth-order valence-electron chi connectivity index (χ4n) is 3.50. The summed E-state index contributed by atoms with van der Waals surface area (Å²) in [5, 5.41) is 0. The number of rotatable bonds is 6. The molecule has 0 N–H and O–H groups in total. The Morgan fingerprint density at radius 1 is 1.13 bits per heavy atom. The average Bonchev–Trinajstić information content (AvgIpc) is 2.74. The van der Waals surface area contributed by atoms with Crippen LogP contribution in [0.25, 0.3) is 0 Å². The van der Waals surface area contributed by atoms with E-state index in [1.54, 1.807) is 42.3 Å². The molecule has 1 aliphatic rings. The highest BCUT2D eigenvalue weighted by molar-refractivity contribution is 7.89. The summed E-state index contributed by atoms with van der Waals surface area (Å²) in [4.78, 5) is 24.7. The van der Waals surface area contributed by atoms with E-state index in [9.17, 15) is 13.2 Å². The molecule has 1 saturated heterocycles. The second-order valence-corrected chi connectivity index (χ2v) is 9.68. The van der Waals surface area contributed by atoms with Crippen molar-refractivity contribution in [3.8, 4) is 0 Å². The van der Waals surface area contributed by atoms with Gasteiger partial charge in [0.15, 0.2) is 0 Å². The average molecular weight is 432 g/mol. The quantitative estimate of drug-likeness (QED) is 0.698. The first-order valence-electron chi connectivity index (χ1n) is 10.0. The fourth-order valence-corrected chi connectivity index (χ4v) is 5.17. The lowest BCUT2D eigenvalue weighted by Crippen LogP contribution is -2.39. The number of hydrogen-bond donors (Lipinski definition) is 0. The summed E-state index contributed by atoms with van der Waals surface area (Å²) in [5.74, 6) is 1.11. The predicted molar refractivity (Wildman–Crippen MR) is 115 cm³/mol. The standard InChI is InChI=1S/C21H29N5O3S/c1-16(27)25(4)15-17-14-20(24(2)3)23-21(22-17)19-12-8-9-13-26(19)30(28,29)18-10-6-5-7-11-18/h5-7,10-11,14,19H,8-9,12-13,15H2,1-4H3/t19-/m0/s1. The number of hydrogen-bond acceptors (Lipinski definition) is 6. The maximum absolute atomic E-state index is 13.3. The van der Waals surface area contributed by atoms with Gasteiger partial charge in [-0.2, -0.15) is 4.31 Å². The van der Waals surface area contributed by atoms with Crippen LogP contribution >= 0.6 is 0 Å². The molecule has 0 unspecified atom stereocenters. The number of carbonyl (C=O) groups excluding carboxylic acids is 1. The van der Waals surface area contributed by atoms with E-state index < -0.39 is 16.1 Å². The monoisotopic (exact) mass is 431 g/mol. The summed E-state index contributed by atoms with van der Waals surface area (Å²) in [6.07, 6.45) is 2.37. The Morgan fingerprint density at radius 2 is 1.83 bits per heavy atom. The summed E-state index contributed by atoms with van der Waals surface area (Å²) in [7, 11) is 1.81. The van der Waals surface area contributed by atoms with Crippen molar-refractivity contribution >= 4 is 21.7 Å². The number of anilines is 1. The van der Waals surface area contributed by atoms with Crippen LogP contribution in [-0.4, -0.2) is 61.2 Å². The molecule has 2 heterocycles. The van der Waals surface area contributed by atoms with E-state index in [0.29, 0.717) is 36.8 Å². The molecular weight excluding hydrogens is 402 g/mol. The molecule has 9 heteroatoms. The van der Waals surface area contributed by atoms with Crippen LogP contribution in [0.1, 0.15) is 43.7 Å². The Hall–Kier alpha value is -2.52. The molecular formula is C21H29N5O3S. The molecule has 1 amide bonds. The van der Waals surface area contributed by atoms with E-state index in [4.69, 9.17) is 0 Å². The summed E-state index contributed by atoms with van der Waals surface area (Å²) in [6.45, 7) is 2.27. The predicted octanol–water partition coefficient (Wildman–Crippen LogP) is 2.44. The Labute approximate surface area is 178 Å². The first kappa shape index (κ1) is 22.2. The first-order chi connectivity index (χ1) is 14.2. The number of nitrogens with zero attached hydrogens (tertiary/aromatic N) is 5. The molecule has 1 fully saturated rings. The summed E-state index contributed by atoms with van der Waals surface area (Å²) in [5.41, 5.74) is 0.684. The third-order valence-corrected chi connectivity index (χ3v) is 7.20. The minimum absolute atomic E-state index is 0.0625. The van der Waals surface area contributed by atoms with E-state index >= 15 is 0 Å². The van der Waals surface area contributed by atoms with Gasteiger partial charge in [0.05, 0.1) is 23.2 Å². The molecule has 0 bridgehead atoms. The van der Waals surface area contributed by atoms with E-state index in [1.165, 1.54) is 11.2 Å². The molecule has 0 saturated carbocycles. The minimum atomic E-state index is -3.67. The van der Waals surface area contributed by atoms with Crippen molar-refractivity contribution in [1.29, 1.82) is 0 Å². The topological polar surface area (TPSA) is 86.7 Å². The van der Waals surface area contributed by atoms with Crippen LogP contribution < -0.4 is 4.90 Å². The Morgan fingerprint density at radius 3 is 2.47 bits per heavy atom. The minimum Gasteiger partial charge on any atom is -0.363 e. The molecule has 1 aliphatic heterocycles. The molecule has 0 aliphatic carbocycles. The molecule has 1 aromatic carbocycles. The summed E-state index contributed by atoms with van der Waals surface area (Å²) in [6, 6.07) is 9.88. The largest absolute Gasteiger partial charge is 0.363 e. The Kier molecular flexibility index (Phi) is 6.72. The van der Waals surface area contributed by atoms with Crippen molar-refractivity contribution in [1.82, 2.24) is 19.2 Å². The van der Waals surface area contributed by atoms with Gasteiger partial charge in [-0.1, -0.05) is 24.6 Å². The van der Waals surface area contributed by atoms with Gasteiger partial charge in [-0.05, 0) is 25.0 Å². The molecule has 0 spiro atoms. The van der Waals surface area contributed by atoms with Crippen molar-refractivity contribution in [2.24, 2.45) is 0 Å². The van der Waals surface area contributed by atoms with Crippen LogP contribution in [-0.2, 0) is 21.4 Å². The van der Waals surface area contributed by atoms with E-state index in [-0.39, 0.29) is 10.8 Å². The third kappa shape index (κ3) is 4.79. The summed E-state index contributed by atoms with van der Waals surface area (Å²) >= 11 is 0. The van der Waals surface area contributed by atoms with Crippen molar-refractivity contribution < 1.29 is 13.2 Å². The molecule has 1 atom stereocenters. The van der Waals surface area contributed by atoms with Gasteiger partial charge in [0.25, 0.3) is 0 Å². The number of amides is 1. The van der Waals surface area contributed by atoms with Gasteiger partial charge in [-0.15, -0.1) is 0 Å². The van der Waals surface area contributed by atoms with Crippen molar-refractivity contribution in [3.05, 3.63) is 47.9 Å². The van der Waals surface area contributed by atoms with E-state index in [2.05, 4.69) is 9.97 Å². The molecule has 162 valence electrons. The van der Waals surface area contributed by atoms with E-state index in [0.717, 1.165) is 12.8 Å². The zero-order valence-corrected chi connectivity index (χ0v) is 18.8. The van der Waals surface area contributed by atoms with Crippen LogP contribution in [0.2, 0.25) is 0 Å². The van der Waals surface area contributed by atoms with Crippen molar-refractivity contribution in [2.75, 3.05) is 32.6 Å². The Balaban J connectivity index is 2.02. The number of carbonyl (C=O) groups is 1. The fraction of sp³-hybridized carbons (Fsp3) is 0.476. The molecule has 30 heavy (non-hydrogen) atoms. The Bertz CT molecular complexity index is 995. The van der Waals surface area contributed by atoms with Gasteiger partial charge in [0.1, 0.15) is 11.6 Å². The number of benzene rings is 1. The van der Waals surface area contributed by atoms with Gasteiger partial charge in [0.2, 0.25) is 15.9 Å². The second kappa shape index (κ2) is 9.09. The van der Waals surface area contributed by atoms with Gasteiger partial charge < -0.3 is 9.80 Å². The lowest BCUT2D eigenvalue weighted by atomic mass is 10.0. The van der Waals surface area contributed by atoms with Crippen LogP contribution in [0.4, 0.5) is 5.82 Å². The van der Waals surface area contributed by atoms with Crippen LogP contribution in [0.15, 0.2) is 41.3 Å². The van der Waals surface area contributed by atoms with Crippen LogP contribution in [0.5, 0.6) is 0 Å². The van der Waals surface area contributed by atoms with E-state index in [1.807, 2.05) is 25.1 Å².